The quantitative estimate of drug-likeness (QED) is 0.616. The van der Waals surface area contributed by atoms with Crippen molar-refractivity contribution in [3.8, 4) is 5.75 Å². The number of hydrogen-bond donors (Lipinski definition) is 0. The molecule has 0 bridgehead atoms. The zero-order chi connectivity index (χ0) is 21.4. The summed E-state index contributed by atoms with van der Waals surface area (Å²) < 4.78 is 6.27. The molecule has 0 atom stereocenters. The van der Waals surface area contributed by atoms with Gasteiger partial charge in [0.25, 0.3) is 11.8 Å². The molecule has 2 aliphatic heterocycles. The van der Waals surface area contributed by atoms with E-state index in [2.05, 4.69) is 15.9 Å². The molecule has 7 heteroatoms. The number of ether oxygens (including phenoxy) is 1. The second-order valence-electron chi connectivity index (χ2n) is 7.62. The van der Waals surface area contributed by atoms with Crippen LogP contribution in [-0.4, -0.2) is 42.8 Å². The SMILES string of the molecule is COc1ccc(C)c2c1N(C(=O)CCCN1C(=O)c3ccc(Br)cc3C1=O)CCC2. The highest BCUT2D eigenvalue weighted by Gasteiger charge is 2.35. The van der Waals surface area contributed by atoms with E-state index in [4.69, 9.17) is 4.74 Å². The van der Waals surface area contributed by atoms with E-state index in [0.717, 1.165) is 34.1 Å². The number of anilines is 1. The topological polar surface area (TPSA) is 66.9 Å². The summed E-state index contributed by atoms with van der Waals surface area (Å²) in [6, 6.07) is 8.99. The Morgan fingerprint density at radius 1 is 1.13 bits per heavy atom. The van der Waals surface area contributed by atoms with E-state index < -0.39 is 0 Å². The summed E-state index contributed by atoms with van der Waals surface area (Å²) in [7, 11) is 1.61. The zero-order valence-electron chi connectivity index (χ0n) is 17.0. The van der Waals surface area contributed by atoms with Crippen molar-refractivity contribution in [2.75, 3.05) is 25.1 Å². The summed E-state index contributed by atoms with van der Waals surface area (Å²) >= 11 is 3.34. The molecule has 2 aromatic carbocycles. The molecule has 2 heterocycles. The van der Waals surface area contributed by atoms with Crippen LogP contribution >= 0.6 is 15.9 Å². The fraction of sp³-hybridized carbons (Fsp3) is 0.348. The van der Waals surface area contributed by atoms with E-state index in [1.165, 1.54) is 4.90 Å². The molecule has 0 saturated heterocycles. The van der Waals surface area contributed by atoms with Gasteiger partial charge in [-0.3, -0.25) is 19.3 Å². The smallest absolute Gasteiger partial charge is 0.261 e. The highest BCUT2D eigenvalue weighted by atomic mass is 79.9. The summed E-state index contributed by atoms with van der Waals surface area (Å²) in [6.07, 6.45) is 2.51. The number of carbonyl (C=O) groups excluding carboxylic acids is 3. The third-order valence-electron chi connectivity index (χ3n) is 5.78. The molecule has 0 spiro atoms. The van der Waals surface area contributed by atoms with Crippen molar-refractivity contribution in [2.45, 2.75) is 32.6 Å². The second-order valence-corrected chi connectivity index (χ2v) is 8.53. The number of nitrogens with zero attached hydrogens (tertiary/aromatic N) is 2. The van der Waals surface area contributed by atoms with Gasteiger partial charge in [0, 0.05) is 24.0 Å². The summed E-state index contributed by atoms with van der Waals surface area (Å²) in [4.78, 5) is 41.2. The third-order valence-corrected chi connectivity index (χ3v) is 6.28. The molecule has 156 valence electrons. The first-order valence-electron chi connectivity index (χ1n) is 10.0. The van der Waals surface area contributed by atoms with Crippen LogP contribution in [0.25, 0.3) is 0 Å². The van der Waals surface area contributed by atoms with E-state index in [1.54, 1.807) is 30.2 Å². The van der Waals surface area contributed by atoms with Crippen molar-refractivity contribution in [3.05, 3.63) is 57.1 Å². The number of hydrogen-bond acceptors (Lipinski definition) is 4. The number of imide groups is 1. The van der Waals surface area contributed by atoms with Gasteiger partial charge in [0.1, 0.15) is 5.75 Å². The standard InChI is InChI=1S/C23H23BrN2O4/c1-14-7-10-19(30-2)21-16(14)5-3-11-25(21)20(27)6-4-12-26-22(28)17-9-8-15(24)13-18(17)23(26)29/h7-10,13H,3-6,11-12H2,1-2H3. The van der Waals surface area contributed by atoms with Gasteiger partial charge in [0.2, 0.25) is 5.91 Å². The highest BCUT2D eigenvalue weighted by molar-refractivity contribution is 9.10. The summed E-state index contributed by atoms with van der Waals surface area (Å²) in [5.74, 6) is 0.0914. The molecule has 6 nitrogen and oxygen atoms in total. The van der Waals surface area contributed by atoms with Gasteiger partial charge < -0.3 is 9.64 Å². The van der Waals surface area contributed by atoms with E-state index in [1.807, 2.05) is 19.1 Å². The van der Waals surface area contributed by atoms with E-state index in [9.17, 15) is 14.4 Å². The molecule has 0 unspecified atom stereocenters. The molecular formula is C23H23BrN2O4. The predicted molar refractivity (Wildman–Crippen MR) is 117 cm³/mol. The normalized spacial score (nSPS) is 15.3. The van der Waals surface area contributed by atoms with Crippen LogP contribution in [0, 0.1) is 6.92 Å². The first kappa shape index (κ1) is 20.6. The number of aryl methyl sites for hydroxylation is 1. The number of halogens is 1. The van der Waals surface area contributed by atoms with E-state index in [0.29, 0.717) is 29.8 Å². The fourth-order valence-electron chi connectivity index (χ4n) is 4.26. The molecule has 0 aromatic heterocycles. The van der Waals surface area contributed by atoms with Crippen LogP contribution in [0.5, 0.6) is 5.75 Å². The Hall–Kier alpha value is -2.67. The van der Waals surface area contributed by atoms with Crippen LogP contribution in [0.1, 0.15) is 51.1 Å². The first-order chi connectivity index (χ1) is 14.4. The van der Waals surface area contributed by atoms with Crippen LogP contribution < -0.4 is 9.64 Å². The molecule has 0 saturated carbocycles. The first-order valence-corrected chi connectivity index (χ1v) is 10.8. The fourth-order valence-corrected chi connectivity index (χ4v) is 4.62. The lowest BCUT2D eigenvalue weighted by Gasteiger charge is -2.32. The van der Waals surface area contributed by atoms with Crippen molar-refractivity contribution in [2.24, 2.45) is 0 Å². The van der Waals surface area contributed by atoms with Crippen molar-refractivity contribution in [3.63, 3.8) is 0 Å². The maximum atomic E-state index is 13.0. The summed E-state index contributed by atoms with van der Waals surface area (Å²) in [5.41, 5.74) is 3.99. The molecule has 30 heavy (non-hydrogen) atoms. The number of rotatable bonds is 5. The molecule has 0 fully saturated rings. The van der Waals surface area contributed by atoms with Gasteiger partial charge in [0.05, 0.1) is 23.9 Å². The Labute approximate surface area is 183 Å². The molecule has 0 aliphatic carbocycles. The van der Waals surface area contributed by atoms with Gasteiger partial charge >= 0.3 is 0 Å². The highest BCUT2D eigenvalue weighted by Crippen LogP contribution is 2.38. The van der Waals surface area contributed by atoms with Gasteiger partial charge in [-0.2, -0.15) is 0 Å². The van der Waals surface area contributed by atoms with Crippen LogP contribution in [0.15, 0.2) is 34.8 Å². The van der Waals surface area contributed by atoms with Crippen LogP contribution in [0.4, 0.5) is 5.69 Å². The third kappa shape index (κ3) is 3.51. The van der Waals surface area contributed by atoms with Crippen molar-refractivity contribution < 1.29 is 19.1 Å². The lowest BCUT2D eigenvalue weighted by Crippen LogP contribution is -2.37. The molecule has 2 aromatic rings. The maximum Gasteiger partial charge on any atom is 0.261 e. The Morgan fingerprint density at radius 3 is 2.67 bits per heavy atom. The lowest BCUT2D eigenvalue weighted by atomic mass is 9.96. The Morgan fingerprint density at radius 2 is 1.90 bits per heavy atom. The number of methoxy groups -OCH3 is 1. The molecular weight excluding hydrogens is 448 g/mol. The van der Waals surface area contributed by atoms with Crippen molar-refractivity contribution in [1.82, 2.24) is 4.90 Å². The Kier molecular flexibility index (Phi) is 5.64. The monoisotopic (exact) mass is 470 g/mol. The van der Waals surface area contributed by atoms with E-state index >= 15 is 0 Å². The molecule has 0 N–H and O–H groups in total. The lowest BCUT2D eigenvalue weighted by molar-refractivity contribution is -0.118. The van der Waals surface area contributed by atoms with Gasteiger partial charge in [-0.25, -0.2) is 0 Å². The van der Waals surface area contributed by atoms with Gasteiger partial charge in [-0.15, -0.1) is 0 Å². The number of benzene rings is 2. The minimum absolute atomic E-state index is 0.0146. The minimum atomic E-state index is -0.302. The van der Waals surface area contributed by atoms with Gasteiger partial charge in [0.15, 0.2) is 0 Å². The van der Waals surface area contributed by atoms with Crippen LogP contribution in [0.3, 0.4) is 0 Å². The molecule has 4 rings (SSSR count). The summed E-state index contributed by atoms with van der Waals surface area (Å²) in [5, 5.41) is 0. The Balaban J connectivity index is 1.44. The minimum Gasteiger partial charge on any atom is -0.495 e. The number of fused-ring (bicyclic) bond motifs is 2. The number of amides is 3. The average Bonchev–Trinajstić information content (AvgIpc) is 2.98. The van der Waals surface area contributed by atoms with Crippen LogP contribution in [-0.2, 0) is 11.2 Å². The van der Waals surface area contributed by atoms with Crippen molar-refractivity contribution >= 4 is 39.3 Å². The predicted octanol–water partition coefficient (Wildman–Crippen LogP) is 4.12. The zero-order valence-corrected chi connectivity index (χ0v) is 18.6. The van der Waals surface area contributed by atoms with Gasteiger partial charge in [-0.1, -0.05) is 22.0 Å². The molecule has 0 radical (unpaired) electrons. The Bertz CT molecular complexity index is 1050. The van der Waals surface area contributed by atoms with Crippen LogP contribution in [0.2, 0.25) is 0 Å². The van der Waals surface area contributed by atoms with Crippen molar-refractivity contribution in [1.29, 1.82) is 0 Å². The second kappa shape index (κ2) is 8.22. The molecule has 3 amide bonds. The summed E-state index contributed by atoms with van der Waals surface area (Å²) in [6.45, 7) is 2.92. The number of carbonyl (C=O) groups is 3. The van der Waals surface area contributed by atoms with E-state index in [-0.39, 0.29) is 30.7 Å². The largest absolute Gasteiger partial charge is 0.495 e. The van der Waals surface area contributed by atoms with Gasteiger partial charge in [-0.05, 0) is 61.6 Å². The molecule has 2 aliphatic rings. The maximum absolute atomic E-state index is 13.0. The average molecular weight is 471 g/mol.